The minimum absolute atomic E-state index is 0.0337. The molecule has 0 radical (unpaired) electrons. The van der Waals surface area contributed by atoms with Gasteiger partial charge in [0.2, 0.25) is 0 Å². The van der Waals surface area contributed by atoms with E-state index in [1.165, 1.54) is 18.2 Å². The van der Waals surface area contributed by atoms with Gasteiger partial charge in [-0.05, 0) is 17.7 Å². The van der Waals surface area contributed by atoms with Gasteiger partial charge in [0, 0.05) is 0 Å². The minimum Gasteiger partial charge on any atom is -0.478 e. The first kappa shape index (κ1) is 9.64. The van der Waals surface area contributed by atoms with Crippen molar-refractivity contribution in [1.29, 1.82) is 0 Å². The van der Waals surface area contributed by atoms with Crippen LogP contribution < -0.4 is 0 Å². The molecule has 0 fully saturated rings. The topological polar surface area (TPSA) is 37.3 Å². The van der Waals surface area contributed by atoms with Crippen molar-refractivity contribution in [3.8, 4) is 0 Å². The van der Waals surface area contributed by atoms with Crippen molar-refractivity contribution < 1.29 is 18.7 Å². The van der Waals surface area contributed by atoms with Gasteiger partial charge in [0.15, 0.2) is 6.17 Å². The average molecular weight is 186 g/mol. The second kappa shape index (κ2) is 3.98. The zero-order valence-corrected chi connectivity index (χ0v) is 6.71. The molecule has 0 amide bonds. The Balaban J connectivity index is 2.98. The Kier molecular flexibility index (Phi) is 2.95. The van der Waals surface area contributed by atoms with E-state index in [0.29, 0.717) is 0 Å². The van der Waals surface area contributed by atoms with Crippen LogP contribution in [0.3, 0.4) is 0 Å². The molecule has 1 unspecified atom stereocenters. The Morgan fingerprint density at radius 1 is 1.54 bits per heavy atom. The molecule has 0 aliphatic heterocycles. The highest BCUT2D eigenvalue weighted by atomic mass is 19.2. The van der Waals surface area contributed by atoms with Gasteiger partial charge in [-0.25, -0.2) is 13.6 Å². The molecule has 0 aliphatic carbocycles. The molecule has 2 nitrogen and oxygen atoms in total. The first-order valence-corrected chi connectivity index (χ1v) is 3.68. The van der Waals surface area contributed by atoms with E-state index in [1.54, 1.807) is 0 Å². The van der Waals surface area contributed by atoms with E-state index in [-0.39, 0.29) is 11.1 Å². The number of halogens is 2. The number of hydrogen-bond acceptors (Lipinski definition) is 1. The summed E-state index contributed by atoms with van der Waals surface area (Å²) in [5, 5.41) is 8.55. The highest BCUT2D eigenvalue weighted by Gasteiger charge is 2.11. The predicted molar refractivity (Wildman–Crippen MR) is 43.2 cm³/mol. The standard InChI is InChI=1S/C9H8F2O2/c10-5-8(11)6-2-1-3-7(4-6)9(12)13/h1-4,8H,5H2,(H,12,13). The SMILES string of the molecule is O=C(O)c1cccc(C(F)CF)c1. The van der Waals surface area contributed by atoms with E-state index in [4.69, 9.17) is 5.11 Å². The van der Waals surface area contributed by atoms with Gasteiger partial charge in [0.25, 0.3) is 0 Å². The van der Waals surface area contributed by atoms with E-state index in [1.807, 2.05) is 0 Å². The van der Waals surface area contributed by atoms with Gasteiger partial charge in [-0.3, -0.25) is 0 Å². The molecule has 1 atom stereocenters. The van der Waals surface area contributed by atoms with Crippen molar-refractivity contribution in [3.05, 3.63) is 35.4 Å². The highest BCUT2D eigenvalue weighted by Crippen LogP contribution is 2.18. The lowest BCUT2D eigenvalue weighted by atomic mass is 10.1. The van der Waals surface area contributed by atoms with Gasteiger partial charge in [-0.2, -0.15) is 0 Å². The number of carbonyl (C=O) groups is 1. The van der Waals surface area contributed by atoms with Crippen LogP contribution in [-0.4, -0.2) is 17.8 Å². The number of hydrogen-bond donors (Lipinski definition) is 1. The summed E-state index contributed by atoms with van der Waals surface area (Å²) in [5.41, 5.74) is 0.0241. The summed E-state index contributed by atoms with van der Waals surface area (Å²) in [6.45, 7) is -1.14. The molecule has 70 valence electrons. The molecule has 1 aromatic rings. The number of carboxylic acid groups (broad SMARTS) is 1. The molecule has 1 N–H and O–H groups in total. The van der Waals surface area contributed by atoms with Gasteiger partial charge in [0.1, 0.15) is 6.67 Å². The monoisotopic (exact) mass is 186 g/mol. The molecule has 0 saturated carbocycles. The van der Waals surface area contributed by atoms with E-state index in [9.17, 15) is 13.6 Å². The summed E-state index contributed by atoms with van der Waals surface area (Å²) < 4.78 is 24.6. The van der Waals surface area contributed by atoms with Gasteiger partial charge in [-0.15, -0.1) is 0 Å². The summed E-state index contributed by atoms with van der Waals surface area (Å²) in [7, 11) is 0. The summed E-state index contributed by atoms with van der Waals surface area (Å²) >= 11 is 0. The second-order valence-electron chi connectivity index (χ2n) is 2.55. The Hall–Kier alpha value is -1.45. The molecule has 0 bridgehead atoms. The fourth-order valence-corrected chi connectivity index (χ4v) is 0.956. The van der Waals surface area contributed by atoms with Gasteiger partial charge in [0.05, 0.1) is 5.56 Å². The van der Waals surface area contributed by atoms with Crippen LogP contribution in [0, 0.1) is 0 Å². The smallest absolute Gasteiger partial charge is 0.335 e. The highest BCUT2D eigenvalue weighted by molar-refractivity contribution is 5.87. The number of carboxylic acids is 1. The first-order valence-electron chi connectivity index (χ1n) is 3.68. The molecule has 4 heteroatoms. The van der Waals surface area contributed by atoms with Crippen LogP contribution in [0.2, 0.25) is 0 Å². The van der Waals surface area contributed by atoms with Crippen LogP contribution >= 0.6 is 0 Å². The Labute approximate surface area is 73.8 Å². The number of rotatable bonds is 3. The summed E-state index contributed by atoms with van der Waals surface area (Å²) in [4.78, 5) is 10.4. The van der Waals surface area contributed by atoms with E-state index in [2.05, 4.69) is 0 Å². The molecule has 0 spiro atoms. The fraction of sp³-hybridized carbons (Fsp3) is 0.222. The molecule has 0 heterocycles. The number of benzene rings is 1. The fourth-order valence-electron chi connectivity index (χ4n) is 0.956. The largest absolute Gasteiger partial charge is 0.478 e. The summed E-state index contributed by atoms with van der Waals surface area (Å²) in [6.07, 6.45) is -1.74. The van der Waals surface area contributed by atoms with Crippen LogP contribution in [0.1, 0.15) is 22.1 Å². The van der Waals surface area contributed by atoms with Crippen LogP contribution in [0.25, 0.3) is 0 Å². The van der Waals surface area contributed by atoms with E-state index < -0.39 is 18.8 Å². The Bertz CT molecular complexity index is 312. The third kappa shape index (κ3) is 2.24. The third-order valence-electron chi connectivity index (χ3n) is 1.63. The molecule has 1 rings (SSSR count). The second-order valence-corrected chi connectivity index (χ2v) is 2.55. The van der Waals surface area contributed by atoms with Gasteiger partial charge in [-0.1, -0.05) is 12.1 Å². The Morgan fingerprint density at radius 2 is 2.23 bits per heavy atom. The van der Waals surface area contributed by atoms with Gasteiger partial charge >= 0.3 is 5.97 Å². The zero-order valence-electron chi connectivity index (χ0n) is 6.71. The van der Waals surface area contributed by atoms with Crippen molar-refractivity contribution >= 4 is 5.97 Å². The molecule has 1 aromatic carbocycles. The van der Waals surface area contributed by atoms with Crippen molar-refractivity contribution in [2.45, 2.75) is 6.17 Å². The first-order chi connectivity index (χ1) is 6.15. The normalized spacial score (nSPS) is 12.5. The lowest BCUT2D eigenvalue weighted by molar-refractivity contribution is 0.0696. The maximum absolute atomic E-state index is 12.7. The lowest BCUT2D eigenvalue weighted by Crippen LogP contribution is -1.99. The van der Waals surface area contributed by atoms with Crippen molar-refractivity contribution in [3.63, 3.8) is 0 Å². The van der Waals surface area contributed by atoms with Crippen molar-refractivity contribution in [2.75, 3.05) is 6.67 Å². The average Bonchev–Trinajstić information content (AvgIpc) is 2.17. The van der Waals surface area contributed by atoms with E-state index >= 15 is 0 Å². The van der Waals surface area contributed by atoms with Crippen LogP contribution in [0.5, 0.6) is 0 Å². The molecular formula is C9H8F2O2. The molecule has 0 aromatic heterocycles. The maximum Gasteiger partial charge on any atom is 0.335 e. The predicted octanol–water partition coefficient (Wildman–Crippen LogP) is 2.36. The molecular weight excluding hydrogens is 178 g/mol. The molecule has 0 saturated heterocycles. The van der Waals surface area contributed by atoms with E-state index in [0.717, 1.165) is 6.07 Å². The van der Waals surface area contributed by atoms with Crippen LogP contribution in [-0.2, 0) is 0 Å². The number of aromatic carboxylic acids is 1. The summed E-state index contributed by atoms with van der Waals surface area (Å²) in [6, 6.07) is 5.21. The number of alkyl halides is 2. The zero-order chi connectivity index (χ0) is 9.84. The Morgan fingerprint density at radius 3 is 2.77 bits per heavy atom. The van der Waals surface area contributed by atoms with Crippen LogP contribution in [0.4, 0.5) is 8.78 Å². The summed E-state index contributed by atoms with van der Waals surface area (Å²) in [5.74, 6) is -1.15. The lowest BCUT2D eigenvalue weighted by Gasteiger charge is -2.03. The maximum atomic E-state index is 12.7. The van der Waals surface area contributed by atoms with Crippen molar-refractivity contribution in [1.82, 2.24) is 0 Å². The van der Waals surface area contributed by atoms with Crippen LogP contribution in [0.15, 0.2) is 24.3 Å². The quantitative estimate of drug-likeness (QED) is 0.786. The van der Waals surface area contributed by atoms with Gasteiger partial charge < -0.3 is 5.11 Å². The molecule has 13 heavy (non-hydrogen) atoms. The third-order valence-corrected chi connectivity index (χ3v) is 1.63. The minimum atomic E-state index is -1.74. The molecule has 0 aliphatic rings. The van der Waals surface area contributed by atoms with Crippen molar-refractivity contribution in [2.24, 2.45) is 0 Å².